The third kappa shape index (κ3) is 5.29. The number of benzene rings is 2. The molecule has 0 aliphatic carbocycles. The number of hydrogen-bond acceptors (Lipinski definition) is 0. The molecule has 0 bridgehead atoms. The van der Waals surface area contributed by atoms with Gasteiger partial charge in [-0.15, -0.1) is 0 Å². The SMILES string of the molecule is CC[PH](CC)(CC)[Ni]([C]#Cc1ccccc1)([C]#Cc1ccccc1)[PH](CC)(CC)CC. The van der Waals surface area contributed by atoms with Crippen molar-refractivity contribution >= 4 is 12.1 Å². The normalized spacial score (nSPS) is 13.4. The van der Waals surface area contributed by atoms with Crippen molar-refractivity contribution in [3.8, 4) is 21.6 Å². The maximum absolute atomic E-state index is 4.10. The van der Waals surface area contributed by atoms with Crippen molar-refractivity contribution in [3.63, 3.8) is 0 Å². The molecule has 3 heteroatoms. The molecule has 31 heavy (non-hydrogen) atoms. The van der Waals surface area contributed by atoms with Gasteiger partial charge in [-0.1, -0.05) is 0 Å². The Morgan fingerprint density at radius 1 is 0.516 bits per heavy atom. The Kier molecular flexibility index (Phi) is 10.3. The molecule has 0 aliphatic heterocycles. The van der Waals surface area contributed by atoms with Crippen LogP contribution in [0.3, 0.4) is 0 Å². The molecule has 0 saturated heterocycles. The second-order valence-electron chi connectivity index (χ2n) is 7.91. The molecule has 0 radical (unpaired) electrons. The van der Waals surface area contributed by atoms with Gasteiger partial charge in [-0.05, 0) is 0 Å². The average Bonchev–Trinajstić information content (AvgIpc) is 2.85. The van der Waals surface area contributed by atoms with Gasteiger partial charge < -0.3 is 0 Å². The minimum atomic E-state index is -1.69. The van der Waals surface area contributed by atoms with E-state index in [2.05, 4.69) is 124 Å². The molecule has 0 saturated carbocycles. The molecule has 0 fully saturated rings. The van der Waals surface area contributed by atoms with Gasteiger partial charge in [-0.2, -0.15) is 0 Å². The molecule has 2 rings (SSSR count). The fourth-order valence-corrected chi connectivity index (χ4v) is 45.2. The molecule has 0 atom stereocenters. The van der Waals surface area contributed by atoms with Crippen molar-refractivity contribution in [1.29, 1.82) is 0 Å². The Morgan fingerprint density at radius 2 is 0.806 bits per heavy atom. The van der Waals surface area contributed by atoms with E-state index in [1.54, 1.807) is 0 Å². The van der Waals surface area contributed by atoms with Crippen LogP contribution in [0.25, 0.3) is 0 Å². The van der Waals surface area contributed by atoms with Gasteiger partial charge in [0, 0.05) is 0 Å². The second-order valence-corrected chi connectivity index (χ2v) is 30.0. The summed E-state index contributed by atoms with van der Waals surface area (Å²) in [7, 11) is 0. The summed E-state index contributed by atoms with van der Waals surface area (Å²) in [5, 5.41) is 0. The first-order chi connectivity index (χ1) is 15.0. The Bertz CT molecular complexity index is 825. The van der Waals surface area contributed by atoms with Crippen LogP contribution in [0.1, 0.15) is 52.7 Å². The molecule has 0 amide bonds. The molecule has 0 nitrogen and oxygen atoms in total. The summed E-state index contributed by atoms with van der Waals surface area (Å²) in [4.78, 5) is 8.20. The maximum atomic E-state index is 4.10. The Hall–Kier alpha value is -1.09. The third-order valence-electron chi connectivity index (χ3n) is 6.83. The van der Waals surface area contributed by atoms with E-state index < -0.39 is 23.6 Å². The van der Waals surface area contributed by atoms with Crippen LogP contribution in [0, 0.1) is 21.6 Å². The first kappa shape index (κ1) is 26.2. The first-order valence-corrected chi connectivity index (χ1v) is 20.6. The quantitative estimate of drug-likeness (QED) is 0.199. The monoisotopic (exact) mass is 498 g/mol. The summed E-state index contributed by atoms with van der Waals surface area (Å²) >= 11 is -1.50. The van der Waals surface area contributed by atoms with Gasteiger partial charge in [0.25, 0.3) is 0 Å². The van der Waals surface area contributed by atoms with Crippen LogP contribution in [0.4, 0.5) is 0 Å². The Balaban J connectivity index is 2.93. The van der Waals surface area contributed by atoms with Crippen molar-refractivity contribution in [2.24, 2.45) is 0 Å². The van der Waals surface area contributed by atoms with Gasteiger partial charge >= 0.3 is 196 Å². The van der Waals surface area contributed by atoms with E-state index in [0.717, 1.165) is 11.1 Å². The van der Waals surface area contributed by atoms with Crippen LogP contribution in [0.5, 0.6) is 0 Å². The van der Waals surface area contributed by atoms with Crippen molar-refractivity contribution in [2.75, 3.05) is 37.0 Å². The fourth-order valence-electron chi connectivity index (χ4n) is 4.47. The molecule has 0 unspecified atom stereocenters. The summed E-state index contributed by atoms with van der Waals surface area (Å²) < 4.78 is 0. The van der Waals surface area contributed by atoms with E-state index >= 15 is 0 Å². The van der Waals surface area contributed by atoms with Gasteiger partial charge in [-0.3, -0.25) is 0 Å². The minimum absolute atomic E-state index is 1.14. The second kappa shape index (κ2) is 12.2. The zero-order valence-electron chi connectivity index (χ0n) is 20.3. The van der Waals surface area contributed by atoms with Crippen molar-refractivity contribution < 1.29 is 11.5 Å². The predicted octanol–water partition coefficient (Wildman–Crippen LogP) is 7.61. The summed E-state index contributed by atoms with van der Waals surface area (Å²) in [6.07, 6.45) is 7.76. The molecule has 0 heterocycles. The zero-order valence-corrected chi connectivity index (χ0v) is 23.3. The standard InChI is InChI=1S/2C8H5.2C6H15P.Ni/c2*1-2-8-6-4-3-5-7-8;2*1-4-7(5-2)6-3;/h2*3-7H;2*4-6H2,1-3H3;/q;;;;-2/p+2. The molecule has 174 valence electrons. The third-order valence-corrected chi connectivity index (χ3v) is 42.5. The van der Waals surface area contributed by atoms with Crippen molar-refractivity contribution in [3.05, 3.63) is 71.8 Å². The van der Waals surface area contributed by atoms with Gasteiger partial charge in [0.2, 0.25) is 0 Å². The van der Waals surface area contributed by atoms with Gasteiger partial charge in [0.1, 0.15) is 0 Å². The summed E-state index contributed by atoms with van der Waals surface area (Å²) in [6, 6.07) is 17.8. The predicted molar refractivity (Wildman–Crippen MR) is 147 cm³/mol. The number of hydrogen-bond donors (Lipinski definition) is 0. The van der Waals surface area contributed by atoms with Crippen LogP contribution in [-0.4, -0.2) is 37.0 Å². The van der Waals surface area contributed by atoms with Crippen LogP contribution >= 0.6 is 12.1 Å². The Morgan fingerprint density at radius 3 is 1.06 bits per heavy atom. The van der Waals surface area contributed by atoms with E-state index in [9.17, 15) is 0 Å². The first-order valence-electron chi connectivity index (χ1n) is 11.8. The molecular weight excluding hydrogens is 457 g/mol. The summed E-state index contributed by atoms with van der Waals surface area (Å²) in [6.45, 7) is 14.7. The van der Waals surface area contributed by atoms with E-state index in [1.165, 1.54) is 37.0 Å². The summed E-state index contributed by atoms with van der Waals surface area (Å²) in [5.74, 6) is 7.39. The molecule has 0 aromatic heterocycles. The molecule has 2 aromatic rings. The summed E-state index contributed by atoms with van der Waals surface area (Å²) in [5.41, 5.74) is 2.28. The zero-order chi connectivity index (χ0) is 22.8. The van der Waals surface area contributed by atoms with Crippen LogP contribution < -0.4 is 0 Å². The topological polar surface area (TPSA) is 0 Å². The Labute approximate surface area is 195 Å². The molecule has 0 spiro atoms. The van der Waals surface area contributed by atoms with E-state index in [1.807, 2.05) is 0 Å². The van der Waals surface area contributed by atoms with Crippen LogP contribution in [0.15, 0.2) is 60.7 Å². The van der Waals surface area contributed by atoms with Crippen molar-refractivity contribution in [1.82, 2.24) is 0 Å². The molecule has 0 aliphatic rings. The van der Waals surface area contributed by atoms with E-state index in [0.29, 0.717) is 0 Å². The van der Waals surface area contributed by atoms with Gasteiger partial charge in [0.15, 0.2) is 0 Å². The van der Waals surface area contributed by atoms with Crippen LogP contribution in [0.2, 0.25) is 0 Å². The van der Waals surface area contributed by atoms with E-state index in [4.69, 9.17) is 0 Å². The van der Waals surface area contributed by atoms with Crippen molar-refractivity contribution in [2.45, 2.75) is 41.5 Å². The molecular formula is C28H42NiP2. The van der Waals surface area contributed by atoms with E-state index in [-0.39, 0.29) is 0 Å². The molecule has 0 N–H and O–H groups in total. The fraction of sp³-hybridized carbons (Fsp3) is 0.429. The van der Waals surface area contributed by atoms with Gasteiger partial charge in [0.05, 0.1) is 0 Å². The van der Waals surface area contributed by atoms with Crippen LogP contribution in [-0.2, 0) is 11.5 Å². The van der Waals surface area contributed by atoms with Gasteiger partial charge in [-0.25, -0.2) is 0 Å². The number of rotatable bonds is 8. The average molecular weight is 499 g/mol. The molecule has 2 aromatic carbocycles.